The van der Waals surface area contributed by atoms with E-state index in [1.165, 1.54) is 24.4 Å². The number of nitrogens with zero attached hydrogens (tertiary/aromatic N) is 2. The van der Waals surface area contributed by atoms with E-state index in [0.717, 1.165) is 24.4 Å². The lowest BCUT2D eigenvalue weighted by molar-refractivity contribution is 0.295. The second-order valence-corrected chi connectivity index (χ2v) is 4.49. The van der Waals surface area contributed by atoms with E-state index in [1.807, 2.05) is 18.3 Å². The number of aromatic amines is 1. The summed E-state index contributed by atoms with van der Waals surface area (Å²) in [7, 11) is 0. The molecule has 1 aliphatic heterocycles. The standard InChI is InChI=1S/C13H17N3O/c17-9-6-11-13(10-4-3-7-14-10)15-12-5-1-2-8-16(11)12/h3-4,7,14,17H,1-2,5-6,8-9H2. The minimum absolute atomic E-state index is 0.179. The zero-order chi connectivity index (χ0) is 11.7. The highest BCUT2D eigenvalue weighted by atomic mass is 16.3. The van der Waals surface area contributed by atoms with E-state index in [2.05, 4.69) is 9.55 Å². The fraction of sp³-hybridized carbons (Fsp3) is 0.462. The Morgan fingerprint density at radius 3 is 3.12 bits per heavy atom. The molecule has 3 heterocycles. The third-order valence-corrected chi connectivity index (χ3v) is 3.39. The fourth-order valence-electron chi connectivity index (χ4n) is 2.60. The molecule has 0 aliphatic carbocycles. The molecule has 2 aromatic rings. The topological polar surface area (TPSA) is 53.8 Å². The van der Waals surface area contributed by atoms with Crippen LogP contribution in [0.1, 0.15) is 24.4 Å². The van der Waals surface area contributed by atoms with Crippen LogP contribution in [0.15, 0.2) is 18.3 Å². The molecule has 0 atom stereocenters. The normalized spacial score (nSPS) is 14.9. The van der Waals surface area contributed by atoms with Crippen molar-refractivity contribution in [1.82, 2.24) is 14.5 Å². The number of aliphatic hydroxyl groups excluding tert-OH is 1. The van der Waals surface area contributed by atoms with E-state index in [0.29, 0.717) is 6.42 Å². The van der Waals surface area contributed by atoms with Crippen molar-refractivity contribution in [2.24, 2.45) is 0 Å². The average Bonchev–Trinajstić information content (AvgIpc) is 2.97. The maximum atomic E-state index is 9.21. The highest BCUT2D eigenvalue weighted by molar-refractivity contribution is 5.58. The van der Waals surface area contributed by atoms with Crippen LogP contribution in [0.4, 0.5) is 0 Å². The number of imidazole rings is 1. The van der Waals surface area contributed by atoms with Gasteiger partial charge in [-0.25, -0.2) is 4.98 Å². The molecule has 0 aromatic carbocycles. The molecule has 0 fully saturated rings. The van der Waals surface area contributed by atoms with Gasteiger partial charge in [-0.3, -0.25) is 0 Å². The zero-order valence-corrected chi connectivity index (χ0v) is 9.82. The lowest BCUT2D eigenvalue weighted by Crippen LogP contribution is -2.13. The van der Waals surface area contributed by atoms with Gasteiger partial charge < -0.3 is 14.7 Å². The van der Waals surface area contributed by atoms with Crippen molar-refractivity contribution in [3.63, 3.8) is 0 Å². The van der Waals surface area contributed by atoms with E-state index in [1.54, 1.807) is 0 Å². The summed E-state index contributed by atoms with van der Waals surface area (Å²) in [6.07, 6.45) is 6.09. The highest BCUT2D eigenvalue weighted by Gasteiger charge is 2.20. The zero-order valence-electron chi connectivity index (χ0n) is 9.82. The Labute approximate surface area is 100 Å². The van der Waals surface area contributed by atoms with E-state index in [4.69, 9.17) is 4.98 Å². The molecule has 4 nitrogen and oxygen atoms in total. The second-order valence-electron chi connectivity index (χ2n) is 4.49. The summed E-state index contributed by atoms with van der Waals surface area (Å²) in [6, 6.07) is 4.02. The van der Waals surface area contributed by atoms with Gasteiger partial charge in [0.25, 0.3) is 0 Å². The molecule has 2 aromatic heterocycles. The summed E-state index contributed by atoms with van der Waals surface area (Å²) >= 11 is 0. The Morgan fingerprint density at radius 2 is 2.35 bits per heavy atom. The summed E-state index contributed by atoms with van der Waals surface area (Å²) in [5, 5.41) is 9.21. The maximum Gasteiger partial charge on any atom is 0.109 e. The molecule has 90 valence electrons. The number of H-pyrrole nitrogens is 1. The van der Waals surface area contributed by atoms with Crippen LogP contribution in [0.25, 0.3) is 11.4 Å². The van der Waals surface area contributed by atoms with Crippen LogP contribution in [0.2, 0.25) is 0 Å². The van der Waals surface area contributed by atoms with Crippen molar-refractivity contribution < 1.29 is 5.11 Å². The Balaban J connectivity index is 2.10. The van der Waals surface area contributed by atoms with Crippen LogP contribution in [0.5, 0.6) is 0 Å². The Bertz CT molecular complexity index is 499. The van der Waals surface area contributed by atoms with E-state index < -0.39 is 0 Å². The molecule has 17 heavy (non-hydrogen) atoms. The van der Waals surface area contributed by atoms with Crippen LogP contribution >= 0.6 is 0 Å². The molecule has 0 unspecified atom stereocenters. The maximum absolute atomic E-state index is 9.21. The molecule has 1 aliphatic rings. The molecular weight excluding hydrogens is 214 g/mol. The van der Waals surface area contributed by atoms with Gasteiger partial charge in [0.15, 0.2) is 0 Å². The minimum Gasteiger partial charge on any atom is -0.396 e. The number of hydrogen-bond acceptors (Lipinski definition) is 2. The van der Waals surface area contributed by atoms with Crippen LogP contribution in [0, 0.1) is 0 Å². The molecule has 0 spiro atoms. The largest absolute Gasteiger partial charge is 0.396 e. The van der Waals surface area contributed by atoms with Gasteiger partial charge in [-0.2, -0.15) is 0 Å². The number of nitrogens with one attached hydrogen (secondary N) is 1. The lowest BCUT2D eigenvalue weighted by atomic mass is 10.1. The molecule has 0 amide bonds. The Morgan fingerprint density at radius 1 is 1.41 bits per heavy atom. The third-order valence-electron chi connectivity index (χ3n) is 3.39. The molecule has 0 saturated carbocycles. The lowest BCUT2D eigenvalue weighted by Gasteiger charge is -2.16. The monoisotopic (exact) mass is 231 g/mol. The van der Waals surface area contributed by atoms with Gasteiger partial charge in [-0.05, 0) is 25.0 Å². The summed E-state index contributed by atoms with van der Waals surface area (Å²) in [4.78, 5) is 7.94. The van der Waals surface area contributed by atoms with E-state index in [-0.39, 0.29) is 6.61 Å². The summed E-state index contributed by atoms with van der Waals surface area (Å²) in [5.41, 5.74) is 3.24. The van der Waals surface area contributed by atoms with Gasteiger partial charge in [0, 0.05) is 37.9 Å². The fourth-order valence-corrected chi connectivity index (χ4v) is 2.60. The van der Waals surface area contributed by atoms with Crippen molar-refractivity contribution in [2.75, 3.05) is 6.61 Å². The summed E-state index contributed by atoms with van der Waals surface area (Å²) in [6.45, 7) is 1.22. The second kappa shape index (κ2) is 4.37. The highest BCUT2D eigenvalue weighted by Crippen LogP contribution is 2.26. The van der Waals surface area contributed by atoms with Gasteiger partial charge in [-0.15, -0.1) is 0 Å². The number of aryl methyl sites for hydroxylation is 1. The quantitative estimate of drug-likeness (QED) is 0.845. The number of aromatic nitrogens is 3. The first-order chi connectivity index (χ1) is 8.40. The number of fused-ring (bicyclic) bond motifs is 1. The Hall–Kier alpha value is -1.55. The molecule has 2 N–H and O–H groups in total. The molecule has 3 rings (SSSR count). The number of rotatable bonds is 3. The van der Waals surface area contributed by atoms with Gasteiger partial charge in [-0.1, -0.05) is 0 Å². The number of aliphatic hydroxyl groups is 1. The summed E-state index contributed by atoms with van der Waals surface area (Å²) in [5.74, 6) is 1.17. The predicted molar refractivity (Wildman–Crippen MR) is 65.7 cm³/mol. The van der Waals surface area contributed by atoms with Crippen LogP contribution < -0.4 is 0 Å². The van der Waals surface area contributed by atoms with Crippen molar-refractivity contribution in [3.8, 4) is 11.4 Å². The molecule has 4 heteroatoms. The van der Waals surface area contributed by atoms with Crippen molar-refractivity contribution in [2.45, 2.75) is 32.2 Å². The third kappa shape index (κ3) is 1.78. The first-order valence-electron chi connectivity index (χ1n) is 6.23. The van der Waals surface area contributed by atoms with Crippen molar-refractivity contribution in [1.29, 1.82) is 0 Å². The minimum atomic E-state index is 0.179. The predicted octanol–water partition coefficient (Wildman–Crippen LogP) is 1.75. The average molecular weight is 231 g/mol. The van der Waals surface area contributed by atoms with Gasteiger partial charge in [0.05, 0.1) is 5.69 Å². The van der Waals surface area contributed by atoms with E-state index >= 15 is 0 Å². The van der Waals surface area contributed by atoms with Gasteiger partial charge in [0.1, 0.15) is 11.5 Å². The van der Waals surface area contributed by atoms with Gasteiger partial charge in [0.2, 0.25) is 0 Å². The first-order valence-corrected chi connectivity index (χ1v) is 6.23. The van der Waals surface area contributed by atoms with Crippen LogP contribution in [-0.2, 0) is 19.4 Å². The first kappa shape index (κ1) is 10.6. The van der Waals surface area contributed by atoms with E-state index in [9.17, 15) is 5.11 Å². The van der Waals surface area contributed by atoms with Gasteiger partial charge >= 0.3 is 0 Å². The van der Waals surface area contributed by atoms with Crippen molar-refractivity contribution in [3.05, 3.63) is 29.8 Å². The molecule has 0 bridgehead atoms. The molecule has 0 radical (unpaired) electrons. The molecular formula is C13H17N3O. The van der Waals surface area contributed by atoms with Crippen molar-refractivity contribution >= 4 is 0 Å². The smallest absolute Gasteiger partial charge is 0.109 e. The Kier molecular flexibility index (Phi) is 2.73. The molecule has 0 saturated heterocycles. The number of hydrogen-bond donors (Lipinski definition) is 2. The van der Waals surface area contributed by atoms with Crippen LogP contribution in [0.3, 0.4) is 0 Å². The van der Waals surface area contributed by atoms with Crippen LogP contribution in [-0.4, -0.2) is 26.2 Å². The SMILES string of the molecule is OCCc1c(-c2ccc[nH]2)nc2n1CCCC2. The summed E-state index contributed by atoms with van der Waals surface area (Å²) < 4.78 is 2.29.